The normalized spacial score (nSPS) is 21.1. The minimum atomic E-state index is -3.73. The highest BCUT2D eigenvalue weighted by Crippen LogP contribution is 2.26. The lowest BCUT2D eigenvalue weighted by Gasteiger charge is -2.31. The SMILES string of the molecule is COC1CCCN(S(=O)(=O)c2cc(N)c(C)c(F)c2)C1. The molecule has 2 rings (SSSR count). The number of nitrogen functional groups attached to an aromatic ring is 1. The lowest BCUT2D eigenvalue weighted by atomic mass is 10.1. The first-order valence-electron chi connectivity index (χ1n) is 6.45. The van der Waals surface area contributed by atoms with Crippen LogP contribution in [0.3, 0.4) is 0 Å². The summed E-state index contributed by atoms with van der Waals surface area (Å²) in [6.45, 7) is 2.22. The van der Waals surface area contributed by atoms with Gasteiger partial charge in [0.1, 0.15) is 5.82 Å². The molecule has 1 heterocycles. The molecule has 1 aromatic rings. The summed E-state index contributed by atoms with van der Waals surface area (Å²) in [4.78, 5) is -0.102. The molecule has 0 bridgehead atoms. The summed E-state index contributed by atoms with van der Waals surface area (Å²) in [6.07, 6.45) is 1.43. The highest BCUT2D eigenvalue weighted by atomic mass is 32.2. The molecule has 1 aliphatic rings. The van der Waals surface area contributed by atoms with Gasteiger partial charge in [-0.05, 0) is 31.9 Å². The lowest BCUT2D eigenvalue weighted by Crippen LogP contribution is -2.42. The number of hydrogen-bond acceptors (Lipinski definition) is 4. The number of sulfonamides is 1. The van der Waals surface area contributed by atoms with Crippen LogP contribution in [0.5, 0.6) is 0 Å². The van der Waals surface area contributed by atoms with Crippen LogP contribution in [-0.2, 0) is 14.8 Å². The van der Waals surface area contributed by atoms with Crippen LogP contribution in [0.15, 0.2) is 17.0 Å². The molecule has 1 fully saturated rings. The second-order valence-electron chi connectivity index (χ2n) is 4.98. The molecule has 5 nitrogen and oxygen atoms in total. The van der Waals surface area contributed by atoms with E-state index >= 15 is 0 Å². The van der Waals surface area contributed by atoms with Gasteiger partial charge in [-0.15, -0.1) is 0 Å². The van der Waals surface area contributed by atoms with Gasteiger partial charge in [-0.25, -0.2) is 12.8 Å². The molecule has 1 atom stereocenters. The van der Waals surface area contributed by atoms with Gasteiger partial charge in [0.05, 0.1) is 11.0 Å². The Kier molecular flexibility index (Phi) is 4.31. The van der Waals surface area contributed by atoms with E-state index in [9.17, 15) is 12.8 Å². The number of benzene rings is 1. The summed E-state index contributed by atoms with van der Waals surface area (Å²) >= 11 is 0. The third kappa shape index (κ3) is 2.79. The molecule has 0 amide bonds. The third-order valence-corrected chi connectivity index (χ3v) is 5.51. The minimum Gasteiger partial charge on any atom is -0.398 e. The number of ether oxygens (including phenoxy) is 1. The Morgan fingerprint density at radius 3 is 2.75 bits per heavy atom. The van der Waals surface area contributed by atoms with Gasteiger partial charge in [-0.2, -0.15) is 4.31 Å². The van der Waals surface area contributed by atoms with E-state index in [4.69, 9.17) is 10.5 Å². The van der Waals surface area contributed by atoms with Crippen molar-refractivity contribution in [2.24, 2.45) is 0 Å². The average molecular weight is 302 g/mol. The van der Waals surface area contributed by atoms with Crippen LogP contribution >= 0.6 is 0 Å². The maximum atomic E-state index is 13.7. The van der Waals surface area contributed by atoms with Crippen molar-refractivity contribution in [1.29, 1.82) is 0 Å². The Bertz CT molecular complexity index is 581. The van der Waals surface area contributed by atoms with Gasteiger partial charge in [0.2, 0.25) is 10.0 Å². The number of nitrogens with zero attached hydrogens (tertiary/aromatic N) is 1. The van der Waals surface area contributed by atoms with E-state index in [2.05, 4.69) is 0 Å². The lowest BCUT2D eigenvalue weighted by molar-refractivity contribution is 0.0572. The van der Waals surface area contributed by atoms with Crippen LogP contribution < -0.4 is 5.73 Å². The van der Waals surface area contributed by atoms with Gasteiger partial charge in [0.15, 0.2) is 0 Å². The molecule has 1 aromatic carbocycles. The zero-order valence-electron chi connectivity index (χ0n) is 11.6. The van der Waals surface area contributed by atoms with Crippen molar-refractivity contribution < 1.29 is 17.5 Å². The van der Waals surface area contributed by atoms with Crippen molar-refractivity contribution in [3.63, 3.8) is 0 Å². The number of hydrogen-bond donors (Lipinski definition) is 1. The number of nitrogens with two attached hydrogens (primary N) is 1. The predicted octanol–water partition coefficient (Wildman–Crippen LogP) is 1.52. The topological polar surface area (TPSA) is 72.6 Å². The molecule has 0 aliphatic carbocycles. The van der Waals surface area contributed by atoms with Crippen LogP contribution in [-0.4, -0.2) is 39.0 Å². The van der Waals surface area contributed by atoms with Gasteiger partial charge in [0, 0.05) is 31.5 Å². The van der Waals surface area contributed by atoms with Crippen molar-refractivity contribution in [2.75, 3.05) is 25.9 Å². The molecule has 0 radical (unpaired) electrons. The quantitative estimate of drug-likeness (QED) is 0.859. The molecule has 0 saturated carbocycles. The maximum Gasteiger partial charge on any atom is 0.243 e. The van der Waals surface area contributed by atoms with Gasteiger partial charge in [0.25, 0.3) is 0 Å². The van der Waals surface area contributed by atoms with Crippen molar-refractivity contribution in [1.82, 2.24) is 4.31 Å². The predicted molar refractivity (Wildman–Crippen MR) is 74.3 cm³/mol. The zero-order chi connectivity index (χ0) is 14.9. The smallest absolute Gasteiger partial charge is 0.243 e. The number of rotatable bonds is 3. The fourth-order valence-electron chi connectivity index (χ4n) is 2.29. The van der Waals surface area contributed by atoms with E-state index in [0.29, 0.717) is 6.54 Å². The Morgan fingerprint density at radius 1 is 1.45 bits per heavy atom. The molecular weight excluding hydrogens is 283 g/mol. The summed E-state index contributed by atoms with van der Waals surface area (Å²) in [7, 11) is -2.17. The molecule has 7 heteroatoms. The number of methoxy groups -OCH3 is 1. The summed E-state index contributed by atoms with van der Waals surface area (Å²) in [6, 6.07) is 2.33. The van der Waals surface area contributed by atoms with Crippen molar-refractivity contribution in [2.45, 2.75) is 30.8 Å². The van der Waals surface area contributed by atoms with Gasteiger partial charge < -0.3 is 10.5 Å². The van der Waals surface area contributed by atoms with Crippen molar-refractivity contribution >= 4 is 15.7 Å². The molecule has 112 valence electrons. The molecule has 0 aromatic heterocycles. The first kappa shape index (κ1) is 15.2. The van der Waals surface area contributed by atoms with Gasteiger partial charge in [-0.3, -0.25) is 0 Å². The van der Waals surface area contributed by atoms with E-state index in [0.717, 1.165) is 18.9 Å². The van der Waals surface area contributed by atoms with Crippen molar-refractivity contribution in [3.05, 3.63) is 23.5 Å². The second-order valence-corrected chi connectivity index (χ2v) is 6.92. The summed E-state index contributed by atoms with van der Waals surface area (Å²) in [5, 5.41) is 0. The number of halogens is 1. The van der Waals surface area contributed by atoms with Gasteiger partial charge >= 0.3 is 0 Å². The molecule has 1 saturated heterocycles. The highest BCUT2D eigenvalue weighted by Gasteiger charge is 2.31. The van der Waals surface area contributed by atoms with E-state index < -0.39 is 15.8 Å². The Morgan fingerprint density at radius 2 is 2.15 bits per heavy atom. The standard InChI is InChI=1S/C13H19FN2O3S/c1-9-12(14)6-11(7-13(9)15)20(17,18)16-5-3-4-10(8-16)19-2/h6-7,10H,3-5,8,15H2,1-2H3. The first-order chi connectivity index (χ1) is 9.36. The zero-order valence-corrected chi connectivity index (χ0v) is 12.4. The molecule has 0 spiro atoms. The van der Waals surface area contributed by atoms with Crippen LogP contribution in [0, 0.1) is 12.7 Å². The molecule has 2 N–H and O–H groups in total. The van der Waals surface area contributed by atoms with Gasteiger partial charge in [-0.1, -0.05) is 0 Å². The molecule has 1 aliphatic heterocycles. The summed E-state index contributed by atoms with van der Waals surface area (Å²) < 4.78 is 45.3. The monoisotopic (exact) mass is 302 g/mol. The van der Waals surface area contributed by atoms with E-state index in [1.807, 2.05) is 0 Å². The summed E-state index contributed by atoms with van der Waals surface area (Å²) in [5.74, 6) is -0.608. The Labute approximate surface area is 118 Å². The molecular formula is C13H19FN2O3S. The number of piperidine rings is 1. The van der Waals surface area contributed by atoms with Crippen LogP contribution in [0.4, 0.5) is 10.1 Å². The van der Waals surface area contributed by atoms with Crippen LogP contribution in [0.25, 0.3) is 0 Å². The summed E-state index contributed by atoms with van der Waals surface area (Å²) in [5.41, 5.74) is 6.06. The van der Waals surface area contributed by atoms with E-state index in [1.165, 1.54) is 17.3 Å². The molecule has 20 heavy (non-hydrogen) atoms. The van der Waals surface area contributed by atoms with E-state index in [-0.39, 0.29) is 28.8 Å². The fraction of sp³-hybridized carbons (Fsp3) is 0.538. The first-order valence-corrected chi connectivity index (χ1v) is 7.89. The van der Waals surface area contributed by atoms with E-state index in [1.54, 1.807) is 7.11 Å². The molecule has 1 unspecified atom stereocenters. The Balaban J connectivity index is 2.35. The average Bonchev–Trinajstić information content (AvgIpc) is 2.44. The third-order valence-electron chi connectivity index (χ3n) is 3.67. The Hall–Kier alpha value is -1.18. The highest BCUT2D eigenvalue weighted by molar-refractivity contribution is 7.89. The maximum absolute atomic E-state index is 13.7. The van der Waals surface area contributed by atoms with Crippen molar-refractivity contribution in [3.8, 4) is 0 Å². The second kappa shape index (κ2) is 5.67. The largest absolute Gasteiger partial charge is 0.398 e. The number of anilines is 1. The van der Waals surface area contributed by atoms with Crippen LogP contribution in [0.1, 0.15) is 18.4 Å². The van der Waals surface area contributed by atoms with Crippen LogP contribution in [0.2, 0.25) is 0 Å². The fourth-order valence-corrected chi connectivity index (χ4v) is 3.85. The minimum absolute atomic E-state index is 0.102.